The van der Waals surface area contributed by atoms with Crippen LogP contribution in [0.1, 0.15) is 23.6 Å². The van der Waals surface area contributed by atoms with Gasteiger partial charge in [0.2, 0.25) is 5.91 Å². The van der Waals surface area contributed by atoms with Crippen LogP contribution in [0.2, 0.25) is 0 Å². The topological polar surface area (TPSA) is 96.5 Å². The minimum Gasteiger partial charge on any atom is -0.469 e. The van der Waals surface area contributed by atoms with E-state index in [0.29, 0.717) is 6.42 Å². The fourth-order valence-electron chi connectivity index (χ4n) is 3.28. The molecule has 0 saturated carbocycles. The van der Waals surface area contributed by atoms with E-state index in [1.807, 2.05) is 31.2 Å². The number of piperidine rings is 1. The number of amides is 3. The molecule has 2 heterocycles. The summed E-state index contributed by atoms with van der Waals surface area (Å²) in [4.78, 5) is 35.8. The molecule has 0 radical (unpaired) electrons. The first-order valence-corrected chi connectivity index (χ1v) is 7.51. The van der Waals surface area contributed by atoms with Crippen LogP contribution in [0.25, 0.3) is 0 Å². The van der Waals surface area contributed by atoms with Crippen molar-refractivity contribution in [3.63, 3.8) is 0 Å². The van der Waals surface area contributed by atoms with Crippen LogP contribution in [0, 0.1) is 18.8 Å². The lowest BCUT2D eigenvalue weighted by Gasteiger charge is -2.43. The highest BCUT2D eigenvalue weighted by atomic mass is 16.5. The largest absolute Gasteiger partial charge is 0.469 e. The van der Waals surface area contributed by atoms with Crippen LogP contribution >= 0.6 is 0 Å². The van der Waals surface area contributed by atoms with Gasteiger partial charge < -0.3 is 10.1 Å². The quantitative estimate of drug-likeness (QED) is 0.694. The lowest BCUT2D eigenvalue weighted by Crippen LogP contribution is -2.68. The molecule has 2 fully saturated rings. The number of hydrogen-bond donors (Lipinski definition) is 3. The van der Waals surface area contributed by atoms with Crippen molar-refractivity contribution in [3.8, 4) is 0 Å². The van der Waals surface area contributed by atoms with Gasteiger partial charge in [-0.05, 0) is 18.9 Å². The van der Waals surface area contributed by atoms with Crippen molar-refractivity contribution in [1.82, 2.24) is 16.0 Å². The average molecular weight is 317 g/mol. The van der Waals surface area contributed by atoms with E-state index in [2.05, 4.69) is 16.0 Å². The fraction of sp³-hybridized carbons (Fsp3) is 0.438. The Morgan fingerprint density at radius 1 is 1.22 bits per heavy atom. The zero-order chi connectivity index (χ0) is 16.6. The Kier molecular flexibility index (Phi) is 4.04. The molecular weight excluding hydrogens is 298 g/mol. The molecule has 3 N–H and O–H groups in total. The summed E-state index contributed by atoms with van der Waals surface area (Å²) in [7, 11) is 1.31. The minimum atomic E-state index is -0.679. The first-order valence-electron chi connectivity index (χ1n) is 7.51. The van der Waals surface area contributed by atoms with Crippen LogP contribution in [-0.2, 0) is 14.3 Å². The molecule has 2 aliphatic rings. The molecular formula is C16H19N3O4. The number of aryl methyl sites for hydroxylation is 1. The summed E-state index contributed by atoms with van der Waals surface area (Å²) in [5, 5.41) is 8.15. The molecule has 122 valence electrons. The van der Waals surface area contributed by atoms with Gasteiger partial charge in [-0.25, -0.2) is 4.79 Å². The van der Waals surface area contributed by atoms with Crippen molar-refractivity contribution >= 4 is 17.9 Å². The SMILES string of the molecule is COC(=O)C1CC(c2ccc(C)cc2)NC2NC(=O)NC(=O)C21. The Hall–Kier alpha value is -2.41. The highest BCUT2D eigenvalue weighted by Gasteiger charge is 2.49. The number of ether oxygens (including phenoxy) is 1. The Morgan fingerprint density at radius 3 is 2.57 bits per heavy atom. The predicted molar refractivity (Wildman–Crippen MR) is 81.1 cm³/mol. The highest BCUT2D eigenvalue weighted by molar-refractivity contribution is 6.00. The van der Waals surface area contributed by atoms with Crippen molar-refractivity contribution in [2.75, 3.05) is 7.11 Å². The van der Waals surface area contributed by atoms with E-state index >= 15 is 0 Å². The van der Waals surface area contributed by atoms with Gasteiger partial charge in [-0.3, -0.25) is 20.2 Å². The molecule has 3 amide bonds. The van der Waals surface area contributed by atoms with E-state index in [-0.39, 0.29) is 6.04 Å². The van der Waals surface area contributed by atoms with Crippen LogP contribution in [0.3, 0.4) is 0 Å². The molecule has 23 heavy (non-hydrogen) atoms. The minimum absolute atomic E-state index is 0.146. The van der Waals surface area contributed by atoms with Crippen molar-refractivity contribution in [2.24, 2.45) is 11.8 Å². The molecule has 4 atom stereocenters. The summed E-state index contributed by atoms with van der Waals surface area (Å²) < 4.78 is 4.86. The number of urea groups is 1. The number of carbonyl (C=O) groups is 3. The second-order valence-electron chi connectivity index (χ2n) is 5.96. The standard InChI is InChI=1S/C16H19N3O4/c1-8-3-5-9(6-4-8)11-7-10(15(21)23-2)12-13(17-11)18-16(22)19-14(12)20/h3-6,10-13,17H,7H2,1-2H3,(H2,18,19,20,22). The second kappa shape index (κ2) is 6.00. The van der Waals surface area contributed by atoms with Gasteiger partial charge in [-0.15, -0.1) is 0 Å². The maximum Gasteiger partial charge on any atom is 0.322 e. The molecule has 0 spiro atoms. The Labute approximate surface area is 133 Å². The molecule has 1 aromatic rings. The summed E-state index contributed by atoms with van der Waals surface area (Å²) >= 11 is 0. The Bertz CT molecular complexity index is 643. The molecule has 4 unspecified atom stereocenters. The van der Waals surface area contributed by atoms with Gasteiger partial charge in [-0.2, -0.15) is 0 Å². The number of imide groups is 1. The lowest BCUT2D eigenvalue weighted by atomic mass is 9.77. The molecule has 7 nitrogen and oxygen atoms in total. The van der Waals surface area contributed by atoms with Gasteiger partial charge in [0.05, 0.1) is 25.1 Å². The number of nitrogens with one attached hydrogen (secondary N) is 3. The summed E-state index contributed by atoms with van der Waals surface area (Å²) in [6, 6.07) is 7.23. The van der Waals surface area contributed by atoms with Crippen LogP contribution < -0.4 is 16.0 Å². The van der Waals surface area contributed by atoms with Crippen LogP contribution in [0.15, 0.2) is 24.3 Å². The molecule has 7 heteroatoms. The summed E-state index contributed by atoms with van der Waals surface area (Å²) in [5.74, 6) is -2.19. The molecule has 1 aromatic carbocycles. The lowest BCUT2D eigenvalue weighted by molar-refractivity contribution is -0.154. The number of methoxy groups -OCH3 is 1. The van der Waals surface area contributed by atoms with E-state index in [1.165, 1.54) is 7.11 Å². The van der Waals surface area contributed by atoms with Gasteiger partial charge in [0.1, 0.15) is 0 Å². The van der Waals surface area contributed by atoms with Crippen molar-refractivity contribution in [2.45, 2.75) is 25.6 Å². The predicted octanol–water partition coefficient (Wildman–Crippen LogP) is 0.600. The molecule has 2 saturated heterocycles. The second-order valence-corrected chi connectivity index (χ2v) is 5.96. The molecule has 3 rings (SSSR count). The first kappa shape index (κ1) is 15.5. The third kappa shape index (κ3) is 2.92. The van der Waals surface area contributed by atoms with E-state index in [4.69, 9.17) is 4.74 Å². The number of carbonyl (C=O) groups excluding carboxylic acids is 3. The Morgan fingerprint density at radius 2 is 1.91 bits per heavy atom. The average Bonchev–Trinajstić information content (AvgIpc) is 2.53. The Balaban J connectivity index is 1.91. The van der Waals surface area contributed by atoms with E-state index < -0.39 is 35.9 Å². The van der Waals surface area contributed by atoms with Gasteiger partial charge in [0.15, 0.2) is 0 Å². The van der Waals surface area contributed by atoms with E-state index in [1.54, 1.807) is 0 Å². The number of esters is 1. The maximum absolute atomic E-state index is 12.1. The van der Waals surface area contributed by atoms with E-state index in [9.17, 15) is 14.4 Å². The van der Waals surface area contributed by atoms with Crippen molar-refractivity contribution in [1.29, 1.82) is 0 Å². The third-order valence-corrected chi connectivity index (χ3v) is 4.47. The number of benzene rings is 1. The smallest absolute Gasteiger partial charge is 0.322 e. The van der Waals surface area contributed by atoms with Crippen molar-refractivity contribution in [3.05, 3.63) is 35.4 Å². The van der Waals surface area contributed by atoms with Crippen LogP contribution in [-0.4, -0.2) is 31.2 Å². The number of rotatable bonds is 2. The number of fused-ring (bicyclic) bond motifs is 1. The maximum atomic E-state index is 12.1. The van der Waals surface area contributed by atoms with Gasteiger partial charge >= 0.3 is 12.0 Å². The first-order chi connectivity index (χ1) is 11.0. The zero-order valence-corrected chi connectivity index (χ0v) is 13.0. The molecule has 0 bridgehead atoms. The van der Waals surface area contributed by atoms with E-state index in [0.717, 1.165) is 11.1 Å². The summed E-state index contributed by atoms with van der Waals surface area (Å²) in [5.41, 5.74) is 2.14. The van der Waals surface area contributed by atoms with Crippen LogP contribution in [0.5, 0.6) is 0 Å². The summed E-state index contributed by atoms with van der Waals surface area (Å²) in [6.07, 6.45) is -0.166. The molecule has 0 aromatic heterocycles. The molecule has 2 aliphatic heterocycles. The highest BCUT2D eigenvalue weighted by Crippen LogP contribution is 2.35. The molecule has 0 aliphatic carbocycles. The van der Waals surface area contributed by atoms with Gasteiger partial charge in [-0.1, -0.05) is 29.8 Å². The van der Waals surface area contributed by atoms with Crippen molar-refractivity contribution < 1.29 is 19.1 Å². The van der Waals surface area contributed by atoms with Gasteiger partial charge in [0.25, 0.3) is 0 Å². The normalized spacial score (nSPS) is 30.0. The fourth-order valence-corrected chi connectivity index (χ4v) is 3.28. The third-order valence-electron chi connectivity index (χ3n) is 4.47. The monoisotopic (exact) mass is 317 g/mol. The number of hydrogen-bond acceptors (Lipinski definition) is 5. The summed E-state index contributed by atoms with van der Waals surface area (Å²) in [6.45, 7) is 2.00. The zero-order valence-electron chi connectivity index (χ0n) is 13.0. The van der Waals surface area contributed by atoms with Crippen LogP contribution in [0.4, 0.5) is 4.79 Å². The van der Waals surface area contributed by atoms with Gasteiger partial charge in [0, 0.05) is 6.04 Å².